The van der Waals surface area contributed by atoms with Gasteiger partial charge in [0.25, 0.3) is 11.5 Å². The van der Waals surface area contributed by atoms with Gasteiger partial charge in [0.15, 0.2) is 0 Å². The first-order valence-electron chi connectivity index (χ1n) is 16.8. The highest BCUT2D eigenvalue weighted by atomic mass is 16.3. The number of hydrogen-bond donors (Lipinski definition) is 2. The maximum absolute atomic E-state index is 13.4. The summed E-state index contributed by atoms with van der Waals surface area (Å²) in [4.78, 5) is 26.5. The van der Waals surface area contributed by atoms with Gasteiger partial charge in [-0.15, -0.1) is 0 Å². The zero-order valence-corrected chi connectivity index (χ0v) is 27.5. The van der Waals surface area contributed by atoms with Crippen LogP contribution in [-0.2, 0) is 6.54 Å². The fourth-order valence-electron chi connectivity index (χ4n) is 6.58. The molecular formula is C39H50N2O3. The van der Waals surface area contributed by atoms with Gasteiger partial charge >= 0.3 is 0 Å². The number of carbonyl (C=O) groups is 1. The molecular weight excluding hydrogens is 544 g/mol. The molecule has 0 saturated heterocycles. The van der Waals surface area contributed by atoms with Crippen LogP contribution in [0.25, 0.3) is 5.57 Å². The third-order valence-electron chi connectivity index (χ3n) is 10.1. The molecule has 44 heavy (non-hydrogen) atoms. The zero-order valence-electron chi connectivity index (χ0n) is 27.5. The van der Waals surface area contributed by atoms with Crippen LogP contribution >= 0.6 is 0 Å². The van der Waals surface area contributed by atoms with E-state index in [4.69, 9.17) is 0 Å². The summed E-state index contributed by atoms with van der Waals surface area (Å²) in [5.41, 5.74) is 8.40. The van der Waals surface area contributed by atoms with Crippen LogP contribution in [0.1, 0.15) is 136 Å². The molecule has 0 spiro atoms. The van der Waals surface area contributed by atoms with Crippen molar-refractivity contribution in [2.24, 2.45) is 5.41 Å². The maximum Gasteiger partial charge on any atom is 0.254 e. The van der Waals surface area contributed by atoms with E-state index in [0.29, 0.717) is 29.4 Å². The Hall–Kier alpha value is -3.44. The van der Waals surface area contributed by atoms with Gasteiger partial charge in [0.2, 0.25) is 0 Å². The van der Waals surface area contributed by atoms with Gasteiger partial charge in [-0.3, -0.25) is 9.59 Å². The lowest BCUT2D eigenvalue weighted by Crippen LogP contribution is -2.33. The molecule has 0 aliphatic heterocycles. The van der Waals surface area contributed by atoms with Crippen LogP contribution in [0.15, 0.2) is 71.2 Å². The number of allylic oxidation sites excluding steroid dienone is 1. The van der Waals surface area contributed by atoms with Gasteiger partial charge in [-0.05, 0) is 105 Å². The highest BCUT2D eigenvalue weighted by molar-refractivity contribution is 5.94. The van der Waals surface area contributed by atoms with E-state index in [9.17, 15) is 14.7 Å². The minimum Gasteiger partial charge on any atom is -0.388 e. The minimum atomic E-state index is -0.810. The summed E-state index contributed by atoms with van der Waals surface area (Å²) in [7, 11) is 0. The Morgan fingerprint density at radius 3 is 2.05 bits per heavy atom. The molecule has 1 heterocycles. The molecule has 3 saturated carbocycles. The molecule has 1 atom stereocenters. The van der Waals surface area contributed by atoms with Crippen molar-refractivity contribution in [3.8, 4) is 0 Å². The number of nitrogens with zero attached hydrogens (tertiary/aromatic N) is 1. The molecule has 6 rings (SSSR count). The second-order valence-corrected chi connectivity index (χ2v) is 13.3. The fraction of sp³-hybridized carbons (Fsp3) is 0.487. The largest absolute Gasteiger partial charge is 0.388 e. The van der Waals surface area contributed by atoms with Gasteiger partial charge in [-0.2, -0.15) is 0 Å². The van der Waals surface area contributed by atoms with E-state index in [1.54, 1.807) is 16.8 Å². The van der Waals surface area contributed by atoms with Crippen LogP contribution in [0.4, 0.5) is 0 Å². The number of rotatable bonds is 10. The summed E-state index contributed by atoms with van der Waals surface area (Å²) < 4.78 is 1.56. The van der Waals surface area contributed by atoms with Gasteiger partial charge in [0, 0.05) is 11.8 Å². The lowest BCUT2D eigenvalue weighted by atomic mass is 9.60. The zero-order chi connectivity index (χ0) is 31.6. The molecule has 2 aromatic carbocycles. The first kappa shape index (κ1) is 32.0. The lowest BCUT2D eigenvalue weighted by molar-refractivity contribution is 0.0936. The van der Waals surface area contributed by atoms with Crippen molar-refractivity contribution in [2.45, 2.75) is 117 Å². The molecule has 1 amide bonds. The molecule has 1 aromatic heterocycles. The van der Waals surface area contributed by atoms with Crippen molar-refractivity contribution in [3.63, 3.8) is 0 Å². The molecule has 3 aliphatic rings. The van der Waals surface area contributed by atoms with E-state index < -0.39 is 5.60 Å². The average molecular weight is 595 g/mol. The Morgan fingerprint density at radius 2 is 1.52 bits per heavy atom. The highest BCUT2D eigenvalue weighted by Crippen LogP contribution is 2.53. The van der Waals surface area contributed by atoms with E-state index >= 15 is 0 Å². The predicted molar refractivity (Wildman–Crippen MR) is 180 cm³/mol. The molecule has 0 bridgehead atoms. The van der Waals surface area contributed by atoms with E-state index in [1.165, 1.54) is 40.7 Å². The molecule has 3 aromatic rings. The number of amides is 1. The van der Waals surface area contributed by atoms with Crippen LogP contribution in [0.3, 0.4) is 0 Å². The van der Waals surface area contributed by atoms with Crippen molar-refractivity contribution < 1.29 is 9.90 Å². The number of carbonyl (C=O) groups excluding carboxylic acids is 1. The molecule has 0 radical (unpaired) electrons. The molecule has 0 unspecified atom stereocenters. The molecule has 5 heteroatoms. The SMILES string of the molecule is CC.CCC1(CC)CC(=C(c2ccc(C)cc2)c2ccc([C@@H](C)NC(=O)c3cc(C4CC4)c(=O)n(CC4(O)CC4)c3)cc2)C1. The lowest BCUT2D eigenvalue weighted by Gasteiger charge is -2.44. The Bertz CT molecular complexity index is 1560. The Balaban J connectivity index is 0.00000188. The summed E-state index contributed by atoms with van der Waals surface area (Å²) in [5.74, 6) is 0.0278. The number of aliphatic hydroxyl groups is 1. The second-order valence-electron chi connectivity index (χ2n) is 13.3. The summed E-state index contributed by atoms with van der Waals surface area (Å²) in [6, 6.07) is 19.1. The van der Waals surface area contributed by atoms with Crippen LogP contribution in [0, 0.1) is 12.3 Å². The quantitative estimate of drug-likeness (QED) is 0.247. The number of aromatic nitrogens is 1. The Labute approximate surface area is 263 Å². The normalized spacial score (nSPS) is 18.4. The highest BCUT2D eigenvalue weighted by Gasteiger charge is 2.41. The van der Waals surface area contributed by atoms with E-state index in [0.717, 1.165) is 31.2 Å². The minimum absolute atomic E-state index is 0.0712. The summed E-state index contributed by atoms with van der Waals surface area (Å²) >= 11 is 0. The van der Waals surface area contributed by atoms with Crippen LogP contribution in [0.2, 0.25) is 0 Å². The number of pyridine rings is 1. The number of hydrogen-bond acceptors (Lipinski definition) is 3. The summed E-state index contributed by atoms with van der Waals surface area (Å²) in [5, 5.41) is 13.6. The monoisotopic (exact) mass is 594 g/mol. The Kier molecular flexibility index (Phi) is 9.36. The van der Waals surface area contributed by atoms with Crippen LogP contribution in [0.5, 0.6) is 0 Å². The van der Waals surface area contributed by atoms with Crippen LogP contribution in [-0.4, -0.2) is 21.2 Å². The number of nitrogens with one attached hydrogen (secondary N) is 1. The fourth-order valence-corrected chi connectivity index (χ4v) is 6.58. The average Bonchev–Trinajstić information content (AvgIpc) is 3.96. The maximum atomic E-state index is 13.4. The summed E-state index contributed by atoms with van der Waals surface area (Å²) in [6.45, 7) is 13.0. The predicted octanol–water partition coefficient (Wildman–Crippen LogP) is 8.48. The van der Waals surface area contributed by atoms with E-state index in [1.807, 2.05) is 20.8 Å². The van der Waals surface area contributed by atoms with Crippen molar-refractivity contribution >= 4 is 11.5 Å². The van der Waals surface area contributed by atoms with Gasteiger partial charge in [-0.25, -0.2) is 0 Å². The van der Waals surface area contributed by atoms with E-state index in [2.05, 4.69) is 74.6 Å². The molecule has 3 fully saturated rings. The topological polar surface area (TPSA) is 71.3 Å². The first-order valence-corrected chi connectivity index (χ1v) is 16.8. The summed E-state index contributed by atoms with van der Waals surface area (Å²) in [6.07, 6.45) is 9.71. The number of aryl methyl sites for hydroxylation is 1. The van der Waals surface area contributed by atoms with Gasteiger partial charge in [-0.1, -0.05) is 87.4 Å². The van der Waals surface area contributed by atoms with Crippen molar-refractivity contribution in [3.05, 3.63) is 110 Å². The van der Waals surface area contributed by atoms with Gasteiger partial charge in [0.05, 0.1) is 23.8 Å². The van der Waals surface area contributed by atoms with Crippen molar-refractivity contribution in [1.29, 1.82) is 0 Å². The molecule has 234 valence electrons. The third-order valence-corrected chi connectivity index (χ3v) is 10.1. The van der Waals surface area contributed by atoms with Gasteiger partial charge < -0.3 is 15.0 Å². The first-order chi connectivity index (χ1) is 21.1. The second kappa shape index (κ2) is 12.9. The van der Waals surface area contributed by atoms with Crippen molar-refractivity contribution in [2.75, 3.05) is 0 Å². The smallest absolute Gasteiger partial charge is 0.254 e. The molecule has 5 nitrogen and oxygen atoms in total. The molecule has 2 N–H and O–H groups in total. The third kappa shape index (κ3) is 6.78. The molecule has 3 aliphatic carbocycles. The Morgan fingerprint density at radius 1 is 0.955 bits per heavy atom. The number of benzene rings is 2. The van der Waals surface area contributed by atoms with Crippen LogP contribution < -0.4 is 10.9 Å². The van der Waals surface area contributed by atoms with E-state index in [-0.39, 0.29) is 30.0 Å². The van der Waals surface area contributed by atoms with Gasteiger partial charge in [0.1, 0.15) is 0 Å². The standard InChI is InChI=1S/C37H44N2O3.C2H6/c1-5-36(6-2)20-31(21-36)33(28-9-7-24(3)8-10-28)29-15-11-26(12-16-29)25(4)38-34(40)30-19-32(27-13-14-27)35(41)39(22-30)23-37(42)17-18-37;1-2/h7-12,15-16,19,22,25,27,42H,5-6,13-14,17-18,20-21,23H2,1-4H3,(H,38,40);1-2H3/t25-;/m1./s1. The van der Waals surface area contributed by atoms with Crippen molar-refractivity contribution in [1.82, 2.24) is 9.88 Å².